The van der Waals surface area contributed by atoms with Crippen molar-refractivity contribution in [1.29, 1.82) is 5.26 Å². The molecule has 0 fully saturated rings. The van der Waals surface area contributed by atoms with Crippen molar-refractivity contribution in [2.75, 3.05) is 13.7 Å². The van der Waals surface area contributed by atoms with Gasteiger partial charge in [-0.15, -0.1) is 0 Å². The molecule has 0 heterocycles. The molecule has 0 unspecified atom stereocenters. The SMILES string of the molecule is CCCOc1c(Cl)cc(/C=C/C(=O)OCc2cccc(C#N)c2)cc1OC. The quantitative estimate of drug-likeness (QED) is 0.483. The van der Waals surface area contributed by atoms with Crippen molar-refractivity contribution in [2.45, 2.75) is 20.0 Å². The molecule has 0 bridgehead atoms. The summed E-state index contributed by atoms with van der Waals surface area (Å²) in [5, 5.41) is 9.29. The standard InChI is InChI=1S/C21H20ClNO4/c1-3-9-26-21-18(22)11-15(12-19(21)25-2)7-8-20(24)27-14-17-6-4-5-16(10-17)13-23/h4-8,10-12H,3,9,14H2,1-2H3/b8-7+. The van der Waals surface area contributed by atoms with E-state index in [1.165, 1.54) is 13.2 Å². The molecule has 5 nitrogen and oxygen atoms in total. The smallest absolute Gasteiger partial charge is 0.331 e. The summed E-state index contributed by atoms with van der Waals surface area (Å²) in [6.45, 7) is 2.62. The fraction of sp³-hybridized carbons (Fsp3) is 0.238. The van der Waals surface area contributed by atoms with Crippen LogP contribution in [-0.2, 0) is 16.1 Å². The molecule has 0 aliphatic heterocycles. The van der Waals surface area contributed by atoms with Crippen LogP contribution >= 0.6 is 11.6 Å². The third kappa shape index (κ3) is 6.05. The average molecular weight is 386 g/mol. The van der Waals surface area contributed by atoms with E-state index in [0.29, 0.717) is 34.3 Å². The number of benzene rings is 2. The topological polar surface area (TPSA) is 68.5 Å². The fourth-order valence-corrected chi connectivity index (χ4v) is 2.55. The van der Waals surface area contributed by atoms with Gasteiger partial charge in [0, 0.05) is 6.08 Å². The third-order valence-electron chi connectivity index (χ3n) is 3.55. The van der Waals surface area contributed by atoms with Gasteiger partial charge in [-0.2, -0.15) is 5.26 Å². The van der Waals surface area contributed by atoms with E-state index >= 15 is 0 Å². The van der Waals surface area contributed by atoms with Crippen molar-refractivity contribution in [3.05, 3.63) is 64.2 Å². The molecule has 0 aliphatic carbocycles. The summed E-state index contributed by atoms with van der Waals surface area (Å²) in [5.41, 5.74) is 1.95. The minimum Gasteiger partial charge on any atom is -0.493 e. The molecule has 27 heavy (non-hydrogen) atoms. The summed E-state index contributed by atoms with van der Waals surface area (Å²) >= 11 is 6.25. The molecule has 0 aromatic heterocycles. The monoisotopic (exact) mass is 385 g/mol. The molecule has 2 aromatic carbocycles. The molecule has 0 atom stereocenters. The molecule has 140 valence electrons. The van der Waals surface area contributed by atoms with Crippen LogP contribution in [0.15, 0.2) is 42.5 Å². The minimum atomic E-state index is -0.501. The largest absolute Gasteiger partial charge is 0.493 e. The number of nitriles is 1. The molecule has 2 rings (SSSR count). The molecular weight excluding hydrogens is 366 g/mol. The first-order chi connectivity index (χ1) is 13.1. The highest BCUT2D eigenvalue weighted by molar-refractivity contribution is 6.32. The Hall–Kier alpha value is -2.97. The summed E-state index contributed by atoms with van der Waals surface area (Å²) < 4.78 is 16.1. The van der Waals surface area contributed by atoms with E-state index in [9.17, 15) is 4.79 Å². The van der Waals surface area contributed by atoms with E-state index in [-0.39, 0.29) is 6.61 Å². The third-order valence-corrected chi connectivity index (χ3v) is 3.83. The van der Waals surface area contributed by atoms with E-state index in [2.05, 4.69) is 0 Å². The molecule has 0 saturated heterocycles. The number of hydrogen-bond acceptors (Lipinski definition) is 5. The lowest BCUT2D eigenvalue weighted by Gasteiger charge is -2.12. The summed E-state index contributed by atoms with van der Waals surface area (Å²) in [6, 6.07) is 12.4. The Morgan fingerprint density at radius 3 is 2.81 bits per heavy atom. The number of hydrogen-bond donors (Lipinski definition) is 0. The highest BCUT2D eigenvalue weighted by Gasteiger charge is 2.11. The van der Waals surface area contributed by atoms with Crippen LogP contribution in [0.4, 0.5) is 0 Å². The van der Waals surface area contributed by atoms with Crippen LogP contribution < -0.4 is 9.47 Å². The van der Waals surface area contributed by atoms with Crippen LogP contribution in [0.25, 0.3) is 6.08 Å². The second kappa shape index (κ2) is 10.2. The van der Waals surface area contributed by atoms with Gasteiger partial charge in [0.25, 0.3) is 0 Å². The van der Waals surface area contributed by atoms with Crippen LogP contribution in [0, 0.1) is 11.3 Å². The molecule has 6 heteroatoms. The maximum absolute atomic E-state index is 11.9. The molecule has 0 spiro atoms. The lowest BCUT2D eigenvalue weighted by atomic mass is 10.1. The molecule has 0 N–H and O–H groups in total. The van der Waals surface area contributed by atoms with Gasteiger partial charge >= 0.3 is 5.97 Å². The predicted molar refractivity (Wildman–Crippen MR) is 104 cm³/mol. The van der Waals surface area contributed by atoms with Gasteiger partial charge in [-0.3, -0.25) is 0 Å². The van der Waals surface area contributed by atoms with Crippen molar-refractivity contribution in [3.63, 3.8) is 0 Å². The number of esters is 1. The second-order valence-corrected chi connectivity index (χ2v) is 6.04. The Labute approximate surface area is 163 Å². The van der Waals surface area contributed by atoms with Crippen molar-refractivity contribution < 1.29 is 19.0 Å². The van der Waals surface area contributed by atoms with Gasteiger partial charge in [0.15, 0.2) is 11.5 Å². The van der Waals surface area contributed by atoms with Crippen LogP contribution in [0.1, 0.15) is 30.0 Å². The Kier molecular flexibility index (Phi) is 7.72. The van der Waals surface area contributed by atoms with Gasteiger partial charge in [0.1, 0.15) is 6.61 Å². The Morgan fingerprint density at radius 2 is 2.11 bits per heavy atom. The first-order valence-corrected chi connectivity index (χ1v) is 8.79. The van der Waals surface area contributed by atoms with Gasteiger partial charge in [-0.1, -0.05) is 30.7 Å². The molecule has 0 amide bonds. The summed E-state index contributed by atoms with van der Waals surface area (Å²) in [4.78, 5) is 11.9. The first kappa shape index (κ1) is 20.3. The van der Waals surface area contributed by atoms with Crippen molar-refractivity contribution in [1.82, 2.24) is 0 Å². The summed E-state index contributed by atoms with van der Waals surface area (Å²) in [6.07, 6.45) is 3.75. The fourth-order valence-electron chi connectivity index (χ4n) is 2.28. The van der Waals surface area contributed by atoms with E-state index in [4.69, 9.17) is 31.1 Å². The highest BCUT2D eigenvalue weighted by Crippen LogP contribution is 2.36. The first-order valence-electron chi connectivity index (χ1n) is 8.41. The second-order valence-electron chi connectivity index (χ2n) is 5.64. The highest BCUT2D eigenvalue weighted by atomic mass is 35.5. The van der Waals surface area contributed by atoms with E-state index < -0.39 is 5.97 Å². The van der Waals surface area contributed by atoms with Crippen molar-refractivity contribution in [3.8, 4) is 17.6 Å². The average Bonchev–Trinajstić information content (AvgIpc) is 2.69. The molecular formula is C21H20ClNO4. The number of rotatable bonds is 8. The normalized spacial score (nSPS) is 10.4. The minimum absolute atomic E-state index is 0.0898. The van der Waals surface area contributed by atoms with Crippen molar-refractivity contribution in [2.24, 2.45) is 0 Å². The predicted octanol–water partition coefficient (Wildman–Crippen LogP) is 4.77. The van der Waals surface area contributed by atoms with Gasteiger partial charge in [-0.25, -0.2) is 4.79 Å². The van der Waals surface area contributed by atoms with Crippen molar-refractivity contribution >= 4 is 23.6 Å². The van der Waals surface area contributed by atoms with Crippen LogP contribution in [0.3, 0.4) is 0 Å². The Morgan fingerprint density at radius 1 is 1.30 bits per heavy atom. The summed E-state index contributed by atoms with van der Waals surface area (Å²) in [5.74, 6) is 0.481. The van der Waals surface area contributed by atoms with Crippen LogP contribution in [-0.4, -0.2) is 19.7 Å². The van der Waals surface area contributed by atoms with Gasteiger partial charge < -0.3 is 14.2 Å². The molecule has 0 saturated carbocycles. The zero-order valence-corrected chi connectivity index (χ0v) is 16.0. The van der Waals surface area contributed by atoms with E-state index in [0.717, 1.165) is 12.0 Å². The van der Waals surface area contributed by atoms with Crippen LogP contribution in [0.2, 0.25) is 5.02 Å². The molecule has 0 radical (unpaired) electrons. The number of nitrogens with zero attached hydrogens (tertiary/aromatic N) is 1. The Balaban J connectivity index is 2.02. The lowest BCUT2D eigenvalue weighted by Crippen LogP contribution is -2.01. The van der Waals surface area contributed by atoms with Gasteiger partial charge in [0.05, 0.1) is 30.4 Å². The maximum Gasteiger partial charge on any atom is 0.331 e. The molecule has 0 aliphatic rings. The van der Waals surface area contributed by atoms with Crippen LogP contribution in [0.5, 0.6) is 11.5 Å². The number of carbonyl (C=O) groups excluding carboxylic acids is 1. The zero-order valence-electron chi connectivity index (χ0n) is 15.2. The lowest BCUT2D eigenvalue weighted by molar-refractivity contribution is -0.138. The number of methoxy groups -OCH3 is 1. The number of carbonyl (C=O) groups is 1. The maximum atomic E-state index is 11.9. The van der Waals surface area contributed by atoms with E-state index in [1.807, 2.05) is 13.0 Å². The van der Waals surface area contributed by atoms with Gasteiger partial charge in [0.2, 0.25) is 0 Å². The number of halogens is 1. The zero-order chi connectivity index (χ0) is 19.6. The van der Waals surface area contributed by atoms with Gasteiger partial charge in [-0.05, 0) is 47.9 Å². The molecule has 2 aromatic rings. The number of ether oxygens (including phenoxy) is 3. The summed E-state index contributed by atoms with van der Waals surface area (Å²) in [7, 11) is 1.53. The Bertz CT molecular complexity index is 871. The van der Waals surface area contributed by atoms with E-state index in [1.54, 1.807) is 42.5 Å².